The van der Waals surface area contributed by atoms with E-state index in [1.54, 1.807) is 32.4 Å². The van der Waals surface area contributed by atoms with E-state index in [1.165, 1.54) is 17.0 Å². The van der Waals surface area contributed by atoms with Crippen LogP contribution in [0.1, 0.15) is 36.4 Å². The highest BCUT2D eigenvalue weighted by Crippen LogP contribution is 2.25. The topological polar surface area (TPSA) is 49.8 Å². The molecule has 2 aromatic carbocycles. The number of nitrogens with zero attached hydrogens (tertiary/aromatic N) is 1. The summed E-state index contributed by atoms with van der Waals surface area (Å²) in [5, 5.41) is 9.74. The molecule has 2 unspecified atom stereocenters. The number of aliphatic hydroxyl groups is 1. The van der Waals surface area contributed by atoms with Gasteiger partial charge in [0.2, 0.25) is 5.91 Å². The Bertz CT molecular complexity index is 702. The van der Waals surface area contributed by atoms with Gasteiger partial charge in [0.15, 0.2) is 0 Å². The zero-order chi connectivity index (χ0) is 18.4. The summed E-state index contributed by atoms with van der Waals surface area (Å²) < 4.78 is 18.5. The van der Waals surface area contributed by atoms with Gasteiger partial charge in [0, 0.05) is 13.5 Å². The third-order valence-electron chi connectivity index (χ3n) is 4.43. The van der Waals surface area contributed by atoms with Crippen LogP contribution in [-0.4, -0.2) is 36.7 Å². The smallest absolute Gasteiger partial charge is 0.223 e. The van der Waals surface area contributed by atoms with Crippen molar-refractivity contribution >= 4 is 5.91 Å². The lowest BCUT2D eigenvalue weighted by Crippen LogP contribution is -2.33. The van der Waals surface area contributed by atoms with Gasteiger partial charge in [-0.15, -0.1) is 0 Å². The van der Waals surface area contributed by atoms with Crippen LogP contribution in [0.3, 0.4) is 0 Å². The number of ether oxygens (including phenoxy) is 1. The Morgan fingerprint density at radius 1 is 1.20 bits per heavy atom. The fraction of sp³-hybridized carbons (Fsp3) is 0.350. The molecule has 0 fully saturated rings. The minimum atomic E-state index is -0.432. The minimum absolute atomic E-state index is 0.105. The van der Waals surface area contributed by atoms with Gasteiger partial charge in [-0.1, -0.05) is 31.2 Å². The van der Waals surface area contributed by atoms with E-state index in [9.17, 15) is 14.3 Å². The van der Waals surface area contributed by atoms with E-state index in [2.05, 4.69) is 0 Å². The average Bonchev–Trinajstić information content (AvgIpc) is 2.62. The summed E-state index contributed by atoms with van der Waals surface area (Å²) in [7, 11) is 3.26. The number of benzene rings is 2. The Morgan fingerprint density at radius 3 is 2.44 bits per heavy atom. The van der Waals surface area contributed by atoms with Crippen LogP contribution in [0.2, 0.25) is 0 Å². The Labute approximate surface area is 147 Å². The molecule has 0 aliphatic carbocycles. The van der Waals surface area contributed by atoms with Crippen LogP contribution < -0.4 is 4.74 Å². The molecule has 2 aromatic rings. The van der Waals surface area contributed by atoms with Crippen molar-refractivity contribution in [2.24, 2.45) is 0 Å². The van der Waals surface area contributed by atoms with Gasteiger partial charge in [-0.05, 0) is 41.3 Å². The zero-order valence-electron chi connectivity index (χ0n) is 14.8. The third kappa shape index (κ3) is 4.79. The molecule has 134 valence electrons. The first-order chi connectivity index (χ1) is 12.0. The van der Waals surface area contributed by atoms with Gasteiger partial charge < -0.3 is 14.7 Å². The molecule has 1 N–H and O–H groups in total. The number of carbonyl (C=O) groups excluding carboxylic acids is 1. The lowest BCUT2D eigenvalue weighted by molar-refractivity contribution is -0.133. The molecular formula is C20H24FNO3. The van der Waals surface area contributed by atoms with E-state index in [-0.39, 0.29) is 30.7 Å². The van der Waals surface area contributed by atoms with E-state index in [1.807, 2.05) is 25.1 Å². The number of halogens is 1. The number of hydrogen-bond acceptors (Lipinski definition) is 3. The Morgan fingerprint density at radius 2 is 1.88 bits per heavy atom. The second kappa shape index (κ2) is 8.62. The highest BCUT2D eigenvalue weighted by Gasteiger charge is 2.23. The van der Waals surface area contributed by atoms with Crippen LogP contribution >= 0.6 is 0 Å². The maximum absolute atomic E-state index is 13.4. The maximum Gasteiger partial charge on any atom is 0.223 e. The van der Waals surface area contributed by atoms with Gasteiger partial charge in [-0.2, -0.15) is 0 Å². The Kier molecular flexibility index (Phi) is 6.53. The van der Waals surface area contributed by atoms with Gasteiger partial charge in [-0.25, -0.2) is 4.39 Å². The largest absolute Gasteiger partial charge is 0.497 e. The summed E-state index contributed by atoms with van der Waals surface area (Å²) in [5.74, 6) is 0.193. The second-order valence-electron chi connectivity index (χ2n) is 6.14. The summed E-state index contributed by atoms with van der Waals surface area (Å²) in [6.45, 7) is 1.71. The van der Waals surface area contributed by atoms with Crippen molar-refractivity contribution < 1.29 is 19.0 Å². The number of carbonyl (C=O) groups is 1. The molecule has 0 saturated carbocycles. The van der Waals surface area contributed by atoms with Gasteiger partial charge in [0.05, 0.1) is 19.8 Å². The predicted octanol–water partition coefficient (Wildman–Crippen LogP) is 3.52. The van der Waals surface area contributed by atoms with Crippen LogP contribution in [0.5, 0.6) is 5.75 Å². The summed E-state index contributed by atoms with van der Waals surface area (Å²) in [5.41, 5.74) is 1.62. The molecule has 0 aliphatic rings. The molecule has 0 radical (unpaired) electrons. The SMILES string of the molecule is COc1ccc(C(CO)N(C)C(=O)CC(C)c2cccc(F)c2)cc1. The summed E-state index contributed by atoms with van der Waals surface area (Å²) in [6, 6.07) is 13.1. The highest BCUT2D eigenvalue weighted by molar-refractivity contribution is 5.77. The van der Waals surface area contributed by atoms with Crippen LogP contribution in [0, 0.1) is 5.82 Å². The van der Waals surface area contributed by atoms with Crippen LogP contribution in [0.4, 0.5) is 4.39 Å². The van der Waals surface area contributed by atoms with E-state index in [4.69, 9.17) is 4.74 Å². The fourth-order valence-corrected chi connectivity index (χ4v) is 2.79. The minimum Gasteiger partial charge on any atom is -0.497 e. The van der Waals surface area contributed by atoms with E-state index < -0.39 is 6.04 Å². The summed E-state index contributed by atoms with van der Waals surface area (Å²) in [4.78, 5) is 14.1. The lowest BCUT2D eigenvalue weighted by Gasteiger charge is -2.28. The normalized spacial score (nSPS) is 13.2. The molecule has 0 aliphatic heterocycles. The maximum atomic E-state index is 13.4. The number of likely N-dealkylation sites (N-methyl/N-ethyl adjacent to an activating group) is 1. The van der Waals surface area contributed by atoms with Gasteiger partial charge in [0.1, 0.15) is 11.6 Å². The van der Waals surface area contributed by atoms with Crippen LogP contribution in [-0.2, 0) is 4.79 Å². The van der Waals surface area contributed by atoms with Gasteiger partial charge >= 0.3 is 0 Å². The Balaban J connectivity index is 2.08. The van der Waals surface area contributed by atoms with E-state index in [0.29, 0.717) is 5.75 Å². The lowest BCUT2D eigenvalue weighted by atomic mass is 9.96. The number of amides is 1. The molecule has 0 saturated heterocycles. The summed E-state index contributed by atoms with van der Waals surface area (Å²) in [6.07, 6.45) is 0.243. The quantitative estimate of drug-likeness (QED) is 0.835. The van der Waals surface area contributed by atoms with Crippen molar-refractivity contribution in [1.82, 2.24) is 4.90 Å². The summed E-state index contributed by atoms with van der Waals surface area (Å²) >= 11 is 0. The number of hydrogen-bond donors (Lipinski definition) is 1. The van der Waals surface area contributed by atoms with Crippen molar-refractivity contribution in [1.29, 1.82) is 0 Å². The Hall–Kier alpha value is -2.40. The van der Waals surface area contributed by atoms with Crippen molar-refractivity contribution in [3.63, 3.8) is 0 Å². The molecule has 0 bridgehead atoms. The molecule has 5 heteroatoms. The van der Waals surface area contributed by atoms with Crippen LogP contribution in [0.25, 0.3) is 0 Å². The van der Waals surface area contributed by atoms with E-state index in [0.717, 1.165) is 11.1 Å². The zero-order valence-corrected chi connectivity index (χ0v) is 14.8. The molecule has 1 amide bonds. The van der Waals surface area contributed by atoms with Crippen molar-refractivity contribution in [2.45, 2.75) is 25.3 Å². The second-order valence-corrected chi connectivity index (χ2v) is 6.14. The molecule has 2 atom stereocenters. The van der Waals surface area contributed by atoms with E-state index >= 15 is 0 Å². The molecule has 0 heterocycles. The molecule has 25 heavy (non-hydrogen) atoms. The van der Waals surface area contributed by atoms with Crippen molar-refractivity contribution in [2.75, 3.05) is 20.8 Å². The molecular weight excluding hydrogens is 321 g/mol. The first-order valence-electron chi connectivity index (χ1n) is 8.22. The predicted molar refractivity (Wildman–Crippen MR) is 95.0 cm³/mol. The first-order valence-corrected chi connectivity index (χ1v) is 8.22. The fourth-order valence-electron chi connectivity index (χ4n) is 2.79. The number of methoxy groups -OCH3 is 1. The molecule has 0 spiro atoms. The molecule has 2 rings (SSSR count). The van der Waals surface area contributed by atoms with Crippen LogP contribution in [0.15, 0.2) is 48.5 Å². The first kappa shape index (κ1) is 18.9. The van der Waals surface area contributed by atoms with Crippen molar-refractivity contribution in [3.8, 4) is 5.75 Å². The van der Waals surface area contributed by atoms with Gasteiger partial charge in [0.25, 0.3) is 0 Å². The monoisotopic (exact) mass is 345 g/mol. The van der Waals surface area contributed by atoms with Crippen molar-refractivity contribution in [3.05, 3.63) is 65.5 Å². The number of rotatable bonds is 7. The standard InChI is InChI=1S/C20H24FNO3/c1-14(16-5-4-6-17(21)12-16)11-20(24)22(2)19(13-23)15-7-9-18(25-3)10-8-15/h4-10,12,14,19,23H,11,13H2,1-3H3. The third-order valence-corrected chi connectivity index (χ3v) is 4.43. The number of aliphatic hydroxyl groups excluding tert-OH is 1. The highest BCUT2D eigenvalue weighted by atomic mass is 19.1. The molecule has 0 aromatic heterocycles. The molecule has 4 nitrogen and oxygen atoms in total. The van der Waals surface area contributed by atoms with Gasteiger partial charge in [-0.3, -0.25) is 4.79 Å². The average molecular weight is 345 g/mol.